The van der Waals surface area contributed by atoms with Crippen LogP contribution in [0.15, 0.2) is 53.4 Å². The number of carbonyl (C=O) groups is 1. The Morgan fingerprint density at radius 1 is 1.04 bits per heavy atom. The zero-order chi connectivity index (χ0) is 18.7. The van der Waals surface area contributed by atoms with Crippen LogP contribution in [0.5, 0.6) is 0 Å². The minimum Gasteiger partial charge on any atom is -0.348 e. The van der Waals surface area contributed by atoms with Crippen LogP contribution in [0.1, 0.15) is 24.5 Å². The fraction of sp³-hybridized carbons (Fsp3) is 0.211. The summed E-state index contributed by atoms with van der Waals surface area (Å²) in [7, 11) is -3.55. The van der Waals surface area contributed by atoms with Crippen LogP contribution in [-0.2, 0) is 14.8 Å². The van der Waals surface area contributed by atoms with Crippen molar-refractivity contribution in [3.8, 4) is 0 Å². The molecule has 0 bridgehead atoms. The Kier molecular flexibility index (Phi) is 5.20. The normalized spacial score (nSPS) is 14.6. The Balaban J connectivity index is 1.97. The lowest BCUT2D eigenvalue weighted by atomic mass is 9.97. The summed E-state index contributed by atoms with van der Waals surface area (Å²) in [6.45, 7) is 2.60. The summed E-state index contributed by atoms with van der Waals surface area (Å²) in [6.07, 6.45) is 0.700. The molecule has 0 saturated heterocycles. The molecule has 0 aromatic heterocycles. The van der Waals surface area contributed by atoms with Gasteiger partial charge in [-0.3, -0.25) is 4.79 Å². The van der Waals surface area contributed by atoms with E-state index < -0.39 is 10.0 Å². The predicted octanol–water partition coefficient (Wildman–Crippen LogP) is 2.55. The van der Waals surface area contributed by atoms with Crippen LogP contribution in [0.3, 0.4) is 0 Å². The fourth-order valence-corrected chi connectivity index (χ4v) is 3.94. The van der Waals surface area contributed by atoms with Gasteiger partial charge in [-0.2, -0.15) is 0 Å². The third kappa shape index (κ3) is 3.68. The zero-order valence-electron chi connectivity index (χ0n) is 14.3. The van der Waals surface area contributed by atoms with Crippen molar-refractivity contribution < 1.29 is 17.6 Å². The van der Waals surface area contributed by atoms with Gasteiger partial charge in [-0.05, 0) is 47.4 Å². The highest BCUT2D eigenvalue weighted by Gasteiger charge is 2.25. The van der Waals surface area contributed by atoms with E-state index in [9.17, 15) is 17.6 Å². The largest absolute Gasteiger partial charge is 0.348 e. The first kappa shape index (κ1) is 18.3. The number of nitrogens with one attached hydrogen (secondary N) is 2. The lowest BCUT2D eigenvalue weighted by Gasteiger charge is -2.08. The Morgan fingerprint density at radius 2 is 1.65 bits per heavy atom. The summed E-state index contributed by atoms with van der Waals surface area (Å²) in [6, 6.07) is 12.1. The van der Waals surface area contributed by atoms with E-state index in [1.165, 1.54) is 24.3 Å². The maximum absolute atomic E-state index is 13.2. The summed E-state index contributed by atoms with van der Waals surface area (Å²) >= 11 is 0. The average molecular weight is 374 g/mol. The van der Waals surface area contributed by atoms with Gasteiger partial charge < -0.3 is 5.32 Å². The summed E-state index contributed by atoms with van der Waals surface area (Å²) < 4.78 is 40.0. The van der Waals surface area contributed by atoms with Gasteiger partial charge in [0.05, 0.1) is 10.5 Å². The van der Waals surface area contributed by atoms with Gasteiger partial charge in [0.1, 0.15) is 5.82 Å². The lowest BCUT2D eigenvalue weighted by molar-refractivity contribution is -0.114. The van der Waals surface area contributed by atoms with Crippen molar-refractivity contribution in [3.05, 3.63) is 65.5 Å². The van der Waals surface area contributed by atoms with Gasteiger partial charge in [0.2, 0.25) is 10.0 Å². The Labute approximate surface area is 152 Å². The van der Waals surface area contributed by atoms with E-state index >= 15 is 0 Å². The average Bonchev–Trinajstić information content (AvgIpc) is 3.02. The van der Waals surface area contributed by atoms with E-state index in [-0.39, 0.29) is 16.6 Å². The van der Waals surface area contributed by atoms with E-state index in [1.54, 1.807) is 24.3 Å². The first-order valence-electron chi connectivity index (χ1n) is 8.30. The third-order valence-electron chi connectivity index (χ3n) is 4.14. The van der Waals surface area contributed by atoms with Crippen LogP contribution in [0.2, 0.25) is 0 Å². The van der Waals surface area contributed by atoms with Crippen LogP contribution < -0.4 is 10.0 Å². The fourth-order valence-electron chi connectivity index (χ4n) is 2.81. The molecule has 0 atom stereocenters. The van der Waals surface area contributed by atoms with Crippen molar-refractivity contribution in [1.82, 2.24) is 10.0 Å². The molecule has 0 radical (unpaired) electrons. The molecule has 1 amide bonds. The second-order valence-electron chi connectivity index (χ2n) is 5.97. The quantitative estimate of drug-likeness (QED) is 0.816. The molecule has 0 aliphatic carbocycles. The van der Waals surface area contributed by atoms with E-state index in [2.05, 4.69) is 10.0 Å². The molecule has 2 N–H and O–H groups in total. The number of carbonyl (C=O) groups excluding carboxylic acids is 1. The molecule has 0 unspecified atom stereocenters. The number of rotatable bonds is 6. The number of hydrogen-bond acceptors (Lipinski definition) is 3. The van der Waals surface area contributed by atoms with Crippen LogP contribution in [0.4, 0.5) is 4.39 Å². The highest BCUT2D eigenvalue weighted by atomic mass is 32.2. The highest BCUT2D eigenvalue weighted by molar-refractivity contribution is 7.89. The van der Waals surface area contributed by atoms with Crippen LogP contribution in [0.25, 0.3) is 11.1 Å². The standard InChI is InChI=1S/C19H19FN2O3S/c1-2-11-22-26(24,25)16-9-5-14(6-10-16)18-17(12-21-19(18)23)13-3-7-15(20)8-4-13/h3-10,22H,2,11-12H2,1H3,(H,21,23). The molecule has 7 heteroatoms. The molecule has 5 nitrogen and oxygen atoms in total. The number of hydrogen-bond donors (Lipinski definition) is 2. The van der Waals surface area contributed by atoms with Gasteiger partial charge >= 0.3 is 0 Å². The Hall–Kier alpha value is -2.51. The molecule has 2 aromatic carbocycles. The van der Waals surface area contributed by atoms with E-state index in [0.717, 1.165) is 11.1 Å². The first-order chi connectivity index (χ1) is 12.4. The van der Waals surface area contributed by atoms with Gasteiger partial charge in [0.15, 0.2) is 0 Å². The summed E-state index contributed by atoms with van der Waals surface area (Å²) in [5.74, 6) is -0.577. The van der Waals surface area contributed by atoms with E-state index in [0.29, 0.717) is 30.6 Å². The monoisotopic (exact) mass is 374 g/mol. The Bertz CT molecular complexity index is 949. The van der Waals surface area contributed by atoms with Crippen molar-refractivity contribution in [2.45, 2.75) is 18.2 Å². The van der Waals surface area contributed by atoms with Crippen molar-refractivity contribution in [2.24, 2.45) is 0 Å². The molecule has 0 spiro atoms. The maximum Gasteiger partial charge on any atom is 0.252 e. The molecule has 1 aliphatic heterocycles. The summed E-state index contributed by atoms with van der Waals surface area (Å²) in [5, 5.41) is 2.77. The number of sulfonamides is 1. The number of amides is 1. The van der Waals surface area contributed by atoms with Gasteiger partial charge in [0, 0.05) is 13.1 Å². The van der Waals surface area contributed by atoms with Crippen molar-refractivity contribution in [3.63, 3.8) is 0 Å². The smallest absolute Gasteiger partial charge is 0.252 e. The molecule has 3 rings (SSSR count). The second kappa shape index (κ2) is 7.39. The summed E-state index contributed by atoms with van der Waals surface area (Å²) in [4.78, 5) is 12.4. The van der Waals surface area contributed by atoms with Gasteiger partial charge in [-0.15, -0.1) is 0 Å². The molecule has 136 valence electrons. The van der Waals surface area contributed by atoms with Crippen molar-refractivity contribution in [2.75, 3.05) is 13.1 Å². The summed E-state index contributed by atoms with van der Waals surface area (Å²) in [5.41, 5.74) is 2.60. The maximum atomic E-state index is 13.2. The lowest BCUT2D eigenvalue weighted by Crippen LogP contribution is -2.24. The van der Waals surface area contributed by atoms with Crippen LogP contribution in [0, 0.1) is 5.82 Å². The minimum atomic E-state index is -3.55. The van der Waals surface area contributed by atoms with Gasteiger partial charge in [-0.1, -0.05) is 31.2 Å². The van der Waals surface area contributed by atoms with E-state index in [4.69, 9.17) is 0 Å². The zero-order valence-corrected chi connectivity index (χ0v) is 15.1. The molecule has 2 aromatic rings. The molecule has 0 saturated carbocycles. The van der Waals surface area contributed by atoms with Crippen molar-refractivity contribution in [1.29, 1.82) is 0 Å². The van der Waals surface area contributed by atoms with Crippen LogP contribution >= 0.6 is 0 Å². The topological polar surface area (TPSA) is 75.3 Å². The Morgan fingerprint density at radius 3 is 2.27 bits per heavy atom. The molecule has 1 aliphatic rings. The molecule has 0 fully saturated rings. The van der Waals surface area contributed by atoms with Gasteiger partial charge in [-0.25, -0.2) is 17.5 Å². The highest BCUT2D eigenvalue weighted by Crippen LogP contribution is 2.30. The first-order valence-corrected chi connectivity index (χ1v) is 9.78. The SMILES string of the molecule is CCCNS(=O)(=O)c1ccc(C2=C(c3ccc(F)cc3)CNC2=O)cc1. The van der Waals surface area contributed by atoms with Gasteiger partial charge in [0.25, 0.3) is 5.91 Å². The molecule has 1 heterocycles. The molecular formula is C19H19FN2O3S. The number of halogens is 1. The number of benzene rings is 2. The third-order valence-corrected chi connectivity index (χ3v) is 5.62. The molecule has 26 heavy (non-hydrogen) atoms. The van der Waals surface area contributed by atoms with Crippen LogP contribution in [-0.4, -0.2) is 27.4 Å². The van der Waals surface area contributed by atoms with Crippen molar-refractivity contribution >= 4 is 27.1 Å². The second-order valence-corrected chi connectivity index (χ2v) is 7.73. The predicted molar refractivity (Wildman–Crippen MR) is 98.1 cm³/mol. The molecular weight excluding hydrogens is 355 g/mol. The minimum absolute atomic E-state index is 0.150. The van der Waals surface area contributed by atoms with E-state index in [1.807, 2.05) is 6.92 Å².